The van der Waals surface area contributed by atoms with Crippen LogP contribution in [0.3, 0.4) is 0 Å². The number of halogens is 1. The molecule has 1 atom stereocenters. The van der Waals surface area contributed by atoms with Gasteiger partial charge in [0.1, 0.15) is 12.4 Å². The van der Waals surface area contributed by atoms with Crippen LogP contribution >= 0.6 is 15.9 Å². The number of carbonyl (C=O) groups is 2. The number of aliphatic hydroxyl groups is 1. The van der Waals surface area contributed by atoms with E-state index < -0.39 is 11.6 Å². The Morgan fingerprint density at radius 3 is 2.64 bits per heavy atom. The minimum atomic E-state index is -1.87. The lowest BCUT2D eigenvalue weighted by molar-refractivity contribution is -0.172. The highest BCUT2D eigenvalue weighted by atomic mass is 79.9. The van der Waals surface area contributed by atoms with Crippen molar-refractivity contribution in [1.82, 2.24) is 19.4 Å². The molecule has 220 valence electrons. The first-order chi connectivity index (χ1) is 20.3. The summed E-state index contributed by atoms with van der Waals surface area (Å²) < 4.78 is 13.2. The number of benzene rings is 1. The van der Waals surface area contributed by atoms with E-state index in [1.165, 1.54) is 19.3 Å². The molecular formula is C31H33BrN4O6. The van der Waals surface area contributed by atoms with Crippen molar-refractivity contribution in [2.45, 2.75) is 70.2 Å². The van der Waals surface area contributed by atoms with Gasteiger partial charge in [0.15, 0.2) is 5.60 Å². The van der Waals surface area contributed by atoms with Crippen LogP contribution in [0.25, 0.3) is 22.3 Å². The molecule has 2 fully saturated rings. The summed E-state index contributed by atoms with van der Waals surface area (Å²) in [6, 6.07) is 7.71. The summed E-state index contributed by atoms with van der Waals surface area (Å²) in [6.07, 6.45) is 5.50. The summed E-state index contributed by atoms with van der Waals surface area (Å²) in [5.74, 6) is -0.330. The van der Waals surface area contributed by atoms with E-state index in [1.807, 2.05) is 6.07 Å². The van der Waals surface area contributed by atoms with Gasteiger partial charge in [0, 0.05) is 35.6 Å². The number of esters is 1. The Bertz CT molecular complexity index is 1670. The smallest absolute Gasteiger partial charge is 0.415 e. The first-order valence-electron chi connectivity index (χ1n) is 14.8. The number of nitrogens with zero attached hydrogens (tertiary/aromatic N) is 4. The largest absolute Gasteiger partial charge is 0.458 e. The van der Waals surface area contributed by atoms with Crippen LogP contribution in [-0.4, -0.2) is 68.7 Å². The van der Waals surface area contributed by atoms with Crippen LogP contribution in [0, 0.1) is 0 Å². The fourth-order valence-electron chi connectivity index (χ4n) is 6.93. The third-order valence-corrected chi connectivity index (χ3v) is 10.2. The van der Waals surface area contributed by atoms with Crippen LogP contribution in [0.5, 0.6) is 5.75 Å². The number of piperidine rings is 2. The molecule has 7 rings (SSSR count). The molecule has 0 radical (unpaired) electrons. The number of cyclic esters (lactones) is 1. The normalized spacial score (nSPS) is 22.5. The van der Waals surface area contributed by atoms with Crippen molar-refractivity contribution in [2.75, 3.05) is 26.2 Å². The Hall–Kier alpha value is -3.28. The maximum Gasteiger partial charge on any atom is 0.415 e. The number of carbonyl (C=O) groups excluding carboxylic acids is 2. The SMILES string of the molecule is CC[C@@]1(O)C(=O)OCc2c1cc1n(c2=O)Cc2cc3c(Br)c(OC(=O)N4CCC(N5CCCCC5)CC4)ccc3nc2-1. The van der Waals surface area contributed by atoms with Crippen LogP contribution in [0.2, 0.25) is 0 Å². The summed E-state index contributed by atoms with van der Waals surface area (Å²) in [5.41, 5.74) is 1.05. The first kappa shape index (κ1) is 27.5. The van der Waals surface area contributed by atoms with Crippen molar-refractivity contribution < 1.29 is 24.2 Å². The van der Waals surface area contributed by atoms with Crippen LogP contribution in [-0.2, 0) is 28.3 Å². The van der Waals surface area contributed by atoms with Gasteiger partial charge in [0.25, 0.3) is 5.56 Å². The lowest BCUT2D eigenvalue weighted by atomic mass is 9.86. The zero-order valence-electron chi connectivity index (χ0n) is 23.5. The van der Waals surface area contributed by atoms with Gasteiger partial charge in [0.2, 0.25) is 0 Å². The molecule has 4 aliphatic rings. The minimum absolute atomic E-state index is 0.0879. The molecular weight excluding hydrogens is 604 g/mol. The molecule has 3 aromatic rings. The number of rotatable bonds is 3. The van der Waals surface area contributed by atoms with Crippen LogP contribution in [0.4, 0.5) is 4.79 Å². The molecule has 11 heteroatoms. The molecule has 10 nitrogen and oxygen atoms in total. The molecule has 0 aliphatic carbocycles. The predicted molar refractivity (Wildman–Crippen MR) is 158 cm³/mol. The Balaban J connectivity index is 1.14. The van der Waals surface area contributed by atoms with Crippen LogP contribution in [0.15, 0.2) is 33.5 Å². The number of pyridine rings is 2. The maximum absolute atomic E-state index is 13.4. The van der Waals surface area contributed by atoms with Gasteiger partial charge < -0.3 is 28.9 Å². The summed E-state index contributed by atoms with van der Waals surface area (Å²) in [7, 11) is 0. The van der Waals surface area contributed by atoms with Crippen molar-refractivity contribution in [3.8, 4) is 17.1 Å². The molecule has 4 aliphatic heterocycles. The van der Waals surface area contributed by atoms with E-state index in [2.05, 4.69) is 20.8 Å². The van der Waals surface area contributed by atoms with Crippen LogP contribution < -0.4 is 10.3 Å². The number of aromatic nitrogens is 2. The molecule has 0 bridgehead atoms. The van der Waals surface area contributed by atoms with E-state index >= 15 is 0 Å². The molecule has 2 saturated heterocycles. The number of hydrogen-bond acceptors (Lipinski definition) is 8. The van der Waals surface area contributed by atoms with Crippen molar-refractivity contribution in [2.24, 2.45) is 0 Å². The van der Waals surface area contributed by atoms with Gasteiger partial charge in [-0.1, -0.05) is 13.3 Å². The zero-order chi connectivity index (χ0) is 29.2. The van der Waals surface area contributed by atoms with Crippen molar-refractivity contribution >= 4 is 38.9 Å². The van der Waals surface area contributed by atoms with E-state index in [0.717, 1.165) is 36.9 Å². The summed E-state index contributed by atoms with van der Waals surface area (Å²) in [5, 5.41) is 11.8. The van der Waals surface area contributed by atoms with Gasteiger partial charge in [-0.25, -0.2) is 14.6 Å². The molecule has 0 unspecified atom stereocenters. The Kier molecular flexibility index (Phi) is 6.86. The fourth-order valence-corrected chi connectivity index (χ4v) is 7.46. The molecule has 42 heavy (non-hydrogen) atoms. The van der Waals surface area contributed by atoms with E-state index in [9.17, 15) is 19.5 Å². The number of hydrogen-bond donors (Lipinski definition) is 1. The van der Waals surface area contributed by atoms with Gasteiger partial charge in [-0.15, -0.1) is 0 Å². The second-order valence-electron chi connectivity index (χ2n) is 11.7. The van der Waals surface area contributed by atoms with E-state index in [4.69, 9.17) is 14.5 Å². The third-order valence-electron chi connectivity index (χ3n) is 9.42. The highest BCUT2D eigenvalue weighted by Crippen LogP contribution is 2.41. The second-order valence-corrected chi connectivity index (χ2v) is 12.5. The Morgan fingerprint density at radius 2 is 1.90 bits per heavy atom. The van der Waals surface area contributed by atoms with Crippen molar-refractivity contribution in [3.63, 3.8) is 0 Å². The maximum atomic E-state index is 13.4. The number of fused-ring (bicyclic) bond motifs is 5. The Labute approximate surface area is 251 Å². The predicted octanol–water partition coefficient (Wildman–Crippen LogP) is 4.29. The topological polar surface area (TPSA) is 114 Å². The summed E-state index contributed by atoms with van der Waals surface area (Å²) >= 11 is 3.64. The van der Waals surface area contributed by atoms with E-state index in [-0.39, 0.29) is 35.8 Å². The Morgan fingerprint density at radius 1 is 1.14 bits per heavy atom. The number of likely N-dealkylation sites (tertiary alicyclic amines) is 2. The molecule has 1 amide bonds. The van der Waals surface area contributed by atoms with Crippen molar-refractivity contribution in [3.05, 3.63) is 55.8 Å². The second kappa shape index (κ2) is 10.5. The minimum Gasteiger partial charge on any atom is -0.458 e. The molecule has 0 spiro atoms. The standard InChI is InChI=1S/C31H33BrN4O6/c1-2-31(40)22-15-24-27-18(16-36(24)28(37)21(22)17-41-29(31)38)14-20-23(33-27)6-7-25(26(20)32)42-30(39)35-12-8-19(9-13-35)34-10-4-3-5-11-34/h6-7,14-15,19,40H,2-5,8-13,16-17H2,1H3/t31-/m0/s1. The fraction of sp³-hybridized carbons (Fsp3) is 0.484. The summed E-state index contributed by atoms with van der Waals surface area (Å²) in [4.78, 5) is 48.2. The average Bonchev–Trinajstić information content (AvgIpc) is 3.38. The first-order valence-corrected chi connectivity index (χ1v) is 15.6. The molecule has 2 aromatic heterocycles. The molecule has 0 saturated carbocycles. The average molecular weight is 638 g/mol. The molecule has 1 aromatic carbocycles. The van der Waals surface area contributed by atoms with Gasteiger partial charge >= 0.3 is 12.1 Å². The summed E-state index contributed by atoms with van der Waals surface area (Å²) in [6.45, 7) is 5.49. The zero-order valence-corrected chi connectivity index (χ0v) is 25.1. The van der Waals surface area contributed by atoms with Gasteiger partial charge in [-0.05, 0) is 85.4 Å². The van der Waals surface area contributed by atoms with Gasteiger partial charge in [-0.2, -0.15) is 0 Å². The lowest BCUT2D eigenvalue weighted by Crippen LogP contribution is -2.48. The van der Waals surface area contributed by atoms with Crippen LogP contribution in [0.1, 0.15) is 62.1 Å². The van der Waals surface area contributed by atoms with E-state index in [0.29, 0.717) is 52.8 Å². The van der Waals surface area contributed by atoms with Gasteiger partial charge in [0.05, 0.1) is 33.5 Å². The molecule has 1 N–H and O–H groups in total. The van der Waals surface area contributed by atoms with Crippen molar-refractivity contribution in [1.29, 1.82) is 0 Å². The number of ether oxygens (including phenoxy) is 2. The quantitative estimate of drug-likeness (QED) is 0.331. The highest BCUT2D eigenvalue weighted by molar-refractivity contribution is 9.10. The lowest BCUT2D eigenvalue weighted by Gasteiger charge is -2.39. The van der Waals surface area contributed by atoms with E-state index in [1.54, 1.807) is 34.6 Å². The molecule has 6 heterocycles. The number of amides is 1. The van der Waals surface area contributed by atoms with Gasteiger partial charge in [-0.3, -0.25) is 4.79 Å². The monoisotopic (exact) mass is 636 g/mol. The third kappa shape index (κ3) is 4.36. The highest BCUT2D eigenvalue weighted by Gasteiger charge is 2.45.